The van der Waals surface area contributed by atoms with Gasteiger partial charge < -0.3 is 10.5 Å². The van der Waals surface area contributed by atoms with Gasteiger partial charge >= 0.3 is 0 Å². The topological polar surface area (TPSA) is 61.0 Å². The molecule has 0 amide bonds. The predicted molar refractivity (Wildman–Crippen MR) is 65.8 cm³/mol. The molecule has 0 unspecified atom stereocenters. The number of nitrogens with zero attached hydrogens (tertiary/aromatic N) is 2. The molecular formula is C13H15N3O. The highest BCUT2D eigenvalue weighted by Gasteiger charge is 2.03. The van der Waals surface area contributed by atoms with Crippen LogP contribution in [0.2, 0.25) is 0 Å². The average Bonchev–Trinajstić information content (AvgIpc) is 2.40. The van der Waals surface area contributed by atoms with Crippen molar-refractivity contribution in [3.8, 4) is 11.6 Å². The van der Waals surface area contributed by atoms with E-state index in [1.165, 1.54) is 0 Å². The van der Waals surface area contributed by atoms with Crippen molar-refractivity contribution in [2.45, 2.75) is 19.9 Å². The largest absolute Gasteiger partial charge is 0.437 e. The SMILES string of the molecule is CCc1ccccc1Oc1ccc(CN)nn1. The summed E-state index contributed by atoms with van der Waals surface area (Å²) in [4.78, 5) is 0. The van der Waals surface area contributed by atoms with E-state index < -0.39 is 0 Å². The van der Waals surface area contributed by atoms with Crippen LogP contribution >= 0.6 is 0 Å². The van der Waals surface area contributed by atoms with Gasteiger partial charge in [-0.05, 0) is 24.1 Å². The maximum atomic E-state index is 5.69. The molecule has 0 aliphatic heterocycles. The van der Waals surface area contributed by atoms with Crippen molar-refractivity contribution >= 4 is 0 Å². The summed E-state index contributed by atoms with van der Waals surface area (Å²) in [6.07, 6.45) is 0.921. The fraction of sp³-hybridized carbons (Fsp3) is 0.231. The molecule has 0 bridgehead atoms. The zero-order valence-corrected chi connectivity index (χ0v) is 9.76. The number of nitrogens with two attached hydrogens (primary N) is 1. The highest BCUT2D eigenvalue weighted by molar-refractivity contribution is 5.35. The Bertz CT molecular complexity index is 482. The lowest BCUT2D eigenvalue weighted by Crippen LogP contribution is -2.01. The summed E-state index contributed by atoms with van der Waals surface area (Å²) in [7, 11) is 0. The molecule has 0 aliphatic rings. The van der Waals surface area contributed by atoms with Crippen LogP contribution in [0.1, 0.15) is 18.2 Å². The maximum Gasteiger partial charge on any atom is 0.238 e. The second-order valence-electron chi connectivity index (χ2n) is 3.63. The molecule has 88 valence electrons. The van der Waals surface area contributed by atoms with Crippen LogP contribution in [0.3, 0.4) is 0 Å². The first-order chi connectivity index (χ1) is 8.33. The van der Waals surface area contributed by atoms with Crippen LogP contribution in [-0.4, -0.2) is 10.2 Å². The molecule has 2 N–H and O–H groups in total. The maximum absolute atomic E-state index is 5.69. The lowest BCUT2D eigenvalue weighted by Gasteiger charge is -2.08. The van der Waals surface area contributed by atoms with E-state index in [0.717, 1.165) is 23.4 Å². The summed E-state index contributed by atoms with van der Waals surface area (Å²) in [5.74, 6) is 1.31. The Balaban J connectivity index is 2.19. The smallest absolute Gasteiger partial charge is 0.238 e. The Morgan fingerprint density at radius 2 is 1.94 bits per heavy atom. The van der Waals surface area contributed by atoms with Gasteiger partial charge in [-0.1, -0.05) is 25.1 Å². The van der Waals surface area contributed by atoms with Crippen molar-refractivity contribution in [3.63, 3.8) is 0 Å². The Kier molecular flexibility index (Phi) is 3.67. The van der Waals surface area contributed by atoms with E-state index >= 15 is 0 Å². The molecule has 0 spiro atoms. The van der Waals surface area contributed by atoms with Crippen molar-refractivity contribution in [1.29, 1.82) is 0 Å². The van der Waals surface area contributed by atoms with Crippen molar-refractivity contribution in [2.24, 2.45) is 5.73 Å². The van der Waals surface area contributed by atoms with E-state index in [9.17, 15) is 0 Å². The molecule has 4 heteroatoms. The molecule has 1 heterocycles. The van der Waals surface area contributed by atoms with Gasteiger partial charge in [0, 0.05) is 12.6 Å². The molecule has 0 radical (unpaired) electrons. The fourth-order valence-corrected chi connectivity index (χ4v) is 1.52. The molecule has 1 aromatic heterocycles. The number of aromatic nitrogens is 2. The highest BCUT2D eigenvalue weighted by Crippen LogP contribution is 2.23. The van der Waals surface area contributed by atoms with Crippen LogP contribution < -0.4 is 10.5 Å². The summed E-state index contributed by atoms with van der Waals surface area (Å²) in [5, 5.41) is 7.92. The van der Waals surface area contributed by atoms with E-state index in [2.05, 4.69) is 17.1 Å². The Morgan fingerprint density at radius 1 is 1.12 bits per heavy atom. The number of hydrogen-bond donors (Lipinski definition) is 1. The van der Waals surface area contributed by atoms with Crippen LogP contribution in [0.5, 0.6) is 11.6 Å². The Labute approximate surface area is 100 Å². The number of aryl methyl sites for hydroxylation is 1. The second kappa shape index (κ2) is 5.41. The van der Waals surface area contributed by atoms with Gasteiger partial charge in [0.25, 0.3) is 0 Å². The van der Waals surface area contributed by atoms with Gasteiger partial charge in [-0.3, -0.25) is 0 Å². The number of ether oxygens (including phenoxy) is 1. The number of hydrogen-bond acceptors (Lipinski definition) is 4. The van der Waals surface area contributed by atoms with Gasteiger partial charge in [0.1, 0.15) is 5.75 Å². The van der Waals surface area contributed by atoms with E-state index in [1.807, 2.05) is 30.3 Å². The minimum atomic E-state index is 0.388. The summed E-state index contributed by atoms with van der Waals surface area (Å²) in [6.45, 7) is 2.48. The van der Waals surface area contributed by atoms with Crippen molar-refractivity contribution < 1.29 is 4.74 Å². The fourth-order valence-electron chi connectivity index (χ4n) is 1.52. The first-order valence-corrected chi connectivity index (χ1v) is 5.62. The van der Waals surface area contributed by atoms with Crippen LogP contribution in [0.4, 0.5) is 0 Å². The third kappa shape index (κ3) is 2.79. The number of para-hydroxylation sites is 1. The predicted octanol–water partition coefficient (Wildman–Crippen LogP) is 2.29. The highest BCUT2D eigenvalue weighted by atomic mass is 16.5. The zero-order valence-electron chi connectivity index (χ0n) is 9.76. The van der Waals surface area contributed by atoms with Gasteiger partial charge in [0.2, 0.25) is 5.88 Å². The van der Waals surface area contributed by atoms with Crippen LogP contribution in [-0.2, 0) is 13.0 Å². The van der Waals surface area contributed by atoms with E-state index in [4.69, 9.17) is 10.5 Å². The molecule has 17 heavy (non-hydrogen) atoms. The minimum absolute atomic E-state index is 0.388. The first kappa shape index (κ1) is 11.5. The molecule has 0 aliphatic carbocycles. The summed E-state index contributed by atoms with van der Waals surface area (Å²) in [5.41, 5.74) is 7.36. The second-order valence-corrected chi connectivity index (χ2v) is 3.63. The minimum Gasteiger partial charge on any atom is -0.437 e. The van der Waals surface area contributed by atoms with E-state index in [-0.39, 0.29) is 0 Å². The molecule has 0 fully saturated rings. The molecule has 0 atom stereocenters. The molecule has 0 saturated carbocycles. The average molecular weight is 229 g/mol. The third-order valence-corrected chi connectivity index (χ3v) is 2.47. The molecule has 2 aromatic rings. The van der Waals surface area contributed by atoms with Gasteiger partial charge in [-0.2, -0.15) is 5.10 Å². The number of benzene rings is 1. The molecule has 4 nitrogen and oxygen atoms in total. The molecular weight excluding hydrogens is 214 g/mol. The summed E-state index contributed by atoms with van der Waals surface area (Å²) >= 11 is 0. The van der Waals surface area contributed by atoms with Crippen LogP contribution in [0.15, 0.2) is 36.4 Å². The zero-order chi connectivity index (χ0) is 12.1. The van der Waals surface area contributed by atoms with Gasteiger partial charge in [-0.15, -0.1) is 5.10 Å². The third-order valence-electron chi connectivity index (χ3n) is 2.47. The number of rotatable bonds is 4. The lowest BCUT2D eigenvalue weighted by atomic mass is 10.1. The van der Waals surface area contributed by atoms with E-state index in [0.29, 0.717) is 12.4 Å². The Morgan fingerprint density at radius 3 is 2.59 bits per heavy atom. The normalized spacial score (nSPS) is 10.2. The monoisotopic (exact) mass is 229 g/mol. The van der Waals surface area contributed by atoms with Crippen molar-refractivity contribution in [3.05, 3.63) is 47.7 Å². The van der Waals surface area contributed by atoms with Gasteiger partial charge in [0.05, 0.1) is 5.69 Å². The lowest BCUT2D eigenvalue weighted by molar-refractivity contribution is 0.449. The molecule has 2 rings (SSSR count). The Hall–Kier alpha value is -1.94. The first-order valence-electron chi connectivity index (χ1n) is 5.62. The van der Waals surface area contributed by atoms with Crippen LogP contribution in [0, 0.1) is 0 Å². The molecule has 1 aromatic carbocycles. The van der Waals surface area contributed by atoms with Crippen molar-refractivity contribution in [1.82, 2.24) is 10.2 Å². The quantitative estimate of drug-likeness (QED) is 0.873. The molecule has 0 saturated heterocycles. The summed E-state index contributed by atoms with van der Waals surface area (Å²) in [6, 6.07) is 11.5. The van der Waals surface area contributed by atoms with E-state index in [1.54, 1.807) is 6.07 Å². The van der Waals surface area contributed by atoms with Gasteiger partial charge in [0.15, 0.2) is 0 Å². The summed E-state index contributed by atoms with van der Waals surface area (Å²) < 4.78 is 5.69. The van der Waals surface area contributed by atoms with Gasteiger partial charge in [-0.25, -0.2) is 0 Å². The standard InChI is InChI=1S/C13H15N3O/c1-2-10-5-3-4-6-12(10)17-13-8-7-11(9-14)15-16-13/h3-8H,2,9,14H2,1H3. The van der Waals surface area contributed by atoms with Crippen molar-refractivity contribution in [2.75, 3.05) is 0 Å². The van der Waals surface area contributed by atoms with Crippen LogP contribution in [0.25, 0.3) is 0 Å².